The zero-order valence-corrected chi connectivity index (χ0v) is 9.62. The van der Waals surface area contributed by atoms with Crippen LogP contribution in [0.3, 0.4) is 0 Å². The molecule has 0 radical (unpaired) electrons. The van der Waals surface area contributed by atoms with E-state index in [0.29, 0.717) is 13.1 Å². The van der Waals surface area contributed by atoms with Gasteiger partial charge in [-0.1, -0.05) is 0 Å². The lowest BCUT2D eigenvalue weighted by molar-refractivity contribution is 0.0647. The van der Waals surface area contributed by atoms with Gasteiger partial charge >= 0.3 is 0 Å². The Hall–Kier alpha value is -0.200. The minimum absolute atomic E-state index is 0.694. The quantitative estimate of drug-likeness (QED) is 0.478. The second-order valence-corrected chi connectivity index (χ2v) is 4.01. The zero-order valence-electron chi connectivity index (χ0n) is 9.62. The van der Waals surface area contributed by atoms with Crippen LogP contribution in [0.15, 0.2) is 0 Å². The first-order valence-electron chi connectivity index (χ1n) is 5.92. The van der Waals surface area contributed by atoms with Gasteiger partial charge in [-0.05, 0) is 0 Å². The van der Waals surface area contributed by atoms with Crippen LogP contribution in [0.5, 0.6) is 0 Å². The van der Waals surface area contributed by atoms with Gasteiger partial charge in [0.1, 0.15) is 0 Å². The molecule has 5 N–H and O–H groups in total. The van der Waals surface area contributed by atoms with Gasteiger partial charge in [0, 0.05) is 65.4 Å². The molecule has 3 heterocycles. The lowest BCUT2D eigenvalue weighted by Crippen LogP contribution is -2.55. The molecule has 0 aromatic heterocycles. The molecule has 0 spiro atoms. The Labute approximate surface area is 92.8 Å². The summed E-state index contributed by atoms with van der Waals surface area (Å²) in [7, 11) is 0. The van der Waals surface area contributed by atoms with Gasteiger partial charge in [0.05, 0.1) is 0 Å². The van der Waals surface area contributed by atoms with E-state index in [-0.39, 0.29) is 0 Å². The van der Waals surface area contributed by atoms with E-state index >= 15 is 0 Å². The van der Waals surface area contributed by atoms with Gasteiger partial charge in [-0.2, -0.15) is 0 Å². The van der Waals surface area contributed by atoms with Gasteiger partial charge in [0.15, 0.2) is 0 Å². The number of fused-ring (bicyclic) bond motifs is 3. The third-order valence-electron chi connectivity index (χ3n) is 2.84. The summed E-state index contributed by atoms with van der Waals surface area (Å²) in [5.41, 5.74) is 10.3. The summed E-state index contributed by atoms with van der Waals surface area (Å²) < 4.78 is 0. The van der Waals surface area contributed by atoms with E-state index in [1.807, 2.05) is 0 Å². The van der Waals surface area contributed by atoms with Gasteiger partial charge in [0.2, 0.25) is 0 Å². The van der Waals surface area contributed by atoms with Crippen molar-refractivity contribution in [2.45, 2.75) is 0 Å². The van der Waals surface area contributed by atoms with Crippen molar-refractivity contribution in [2.24, 2.45) is 11.5 Å². The summed E-state index contributed by atoms with van der Waals surface area (Å²) >= 11 is 0. The molecule has 0 amide bonds. The maximum absolute atomic E-state index is 5.17. The number of nitrogens with one attached hydrogen (secondary N) is 1. The van der Waals surface area contributed by atoms with E-state index in [1.165, 1.54) is 39.3 Å². The molecule has 0 aromatic carbocycles. The van der Waals surface area contributed by atoms with Crippen molar-refractivity contribution in [3.8, 4) is 0 Å². The maximum atomic E-state index is 5.17. The fourth-order valence-corrected chi connectivity index (χ4v) is 1.85. The molecule has 0 aromatic rings. The Morgan fingerprint density at radius 2 is 1.07 bits per heavy atom. The fourth-order valence-electron chi connectivity index (χ4n) is 1.85. The van der Waals surface area contributed by atoms with E-state index in [9.17, 15) is 0 Å². The summed E-state index contributed by atoms with van der Waals surface area (Å²) in [6, 6.07) is 0. The smallest absolute Gasteiger partial charge is 0.0110 e. The Bertz CT molecular complexity index is 118. The van der Waals surface area contributed by atoms with Crippen LogP contribution in [-0.4, -0.2) is 75.2 Å². The minimum Gasteiger partial charge on any atom is -0.329 e. The van der Waals surface area contributed by atoms with E-state index in [2.05, 4.69) is 15.1 Å². The first-order chi connectivity index (χ1) is 7.36. The number of piperazine rings is 3. The lowest BCUT2D eigenvalue weighted by atomic mass is 10.2. The highest BCUT2D eigenvalue weighted by atomic mass is 15.3. The lowest BCUT2D eigenvalue weighted by Gasteiger charge is -2.41. The molecule has 15 heavy (non-hydrogen) atoms. The van der Waals surface area contributed by atoms with Crippen LogP contribution in [0, 0.1) is 0 Å². The maximum Gasteiger partial charge on any atom is 0.0110 e. The SMILES string of the molecule is C1CN2CCN1CC2.NCCNCCN. The monoisotopic (exact) mass is 215 g/mol. The molecule has 5 heteroatoms. The topological polar surface area (TPSA) is 70.5 Å². The van der Waals surface area contributed by atoms with Crippen LogP contribution in [0.1, 0.15) is 0 Å². The van der Waals surface area contributed by atoms with Gasteiger partial charge < -0.3 is 16.8 Å². The number of hydrogen-bond acceptors (Lipinski definition) is 5. The second-order valence-electron chi connectivity index (χ2n) is 4.01. The number of rotatable bonds is 4. The molecule has 90 valence electrons. The molecule has 0 unspecified atom stereocenters. The van der Waals surface area contributed by atoms with E-state index < -0.39 is 0 Å². The van der Waals surface area contributed by atoms with Gasteiger partial charge in [0.25, 0.3) is 0 Å². The summed E-state index contributed by atoms with van der Waals surface area (Å²) in [5, 5.41) is 3.03. The summed E-state index contributed by atoms with van der Waals surface area (Å²) in [5.74, 6) is 0. The largest absolute Gasteiger partial charge is 0.329 e. The van der Waals surface area contributed by atoms with Crippen LogP contribution in [-0.2, 0) is 0 Å². The van der Waals surface area contributed by atoms with Crippen molar-refractivity contribution < 1.29 is 0 Å². The third kappa shape index (κ3) is 5.44. The molecule has 0 aliphatic carbocycles. The second kappa shape index (κ2) is 8.01. The van der Waals surface area contributed by atoms with Gasteiger partial charge in [-0.3, -0.25) is 9.80 Å². The average Bonchev–Trinajstić information content (AvgIpc) is 2.33. The number of nitrogens with two attached hydrogens (primary N) is 2. The Balaban J connectivity index is 0.000000153. The molecule has 3 rings (SSSR count). The van der Waals surface area contributed by atoms with Crippen LogP contribution >= 0.6 is 0 Å². The highest BCUT2D eigenvalue weighted by molar-refractivity contribution is 4.78. The Kier molecular flexibility index (Phi) is 6.87. The van der Waals surface area contributed by atoms with E-state index in [4.69, 9.17) is 11.5 Å². The summed E-state index contributed by atoms with van der Waals surface area (Å²) in [6.07, 6.45) is 0. The summed E-state index contributed by atoms with van der Waals surface area (Å²) in [4.78, 5) is 5.08. The van der Waals surface area contributed by atoms with Crippen LogP contribution in [0.2, 0.25) is 0 Å². The molecule has 2 bridgehead atoms. The standard InChI is InChI=1S/C6H12N2.C4H13N3/c1-2-8-5-3-7(1)4-6-8;5-1-3-7-4-2-6/h1-6H2;7H,1-6H2. The molecule has 3 aliphatic rings. The van der Waals surface area contributed by atoms with Crippen molar-refractivity contribution in [2.75, 3.05) is 65.4 Å². The van der Waals surface area contributed by atoms with Gasteiger partial charge in [-0.15, -0.1) is 0 Å². The Morgan fingerprint density at radius 3 is 1.27 bits per heavy atom. The van der Waals surface area contributed by atoms with Crippen LogP contribution in [0.4, 0.5) is 0 Å². The molecular weight excluding hydrogens is 190 g/mol. The molecular formula is C10H25N5. The first kappa shape index (κ1) is 12.9. The minimum atomic E-state index is 0.694. The molecule has 3 saturated heterocycles. The fraction of sp³-hybridized carbons (Fsp3) is 1.00. The highest BCUT2D eigenvalue weighted by Crippen LogP contribution is 2.06. The molecule has 3 fully saturated rings. The first-order valence-corrected chi connectivity index (χ1v) is 5.92. The predicted molar refractivity (Wildman–Crippen MR) is 63.9 cm³/mol. The van der Waals surface area contributed by atoms with Gasteiger partial charge in [-0.25, -0.2) is 0 Å². The van der Waals surface area contributed by atoms with Crippen molar-refractivity contribution in [1.29, 1.82) is 0 Å². The number of nitrogens with zero attached hydrogens (tertiary/aromatic N) is 2. The van der Waals surface area contributed by atoms with Crippen molar-refractivity contribution >= 4 is 0 Å². The van der Waals surface area contributed by atoms with Crippen molar-refractivity contribution in [1.82, 2.24) is 15.1 Å². The Morgan fingerprint density at radius 1 is 0.733 bits per heavy atom. The van der Waals surface area contributed by atoms with Crippen molar-refractivity contribution in [3.63, 3.8) is 0 Å². The summed E-state index contributed by atoms with van der Waals surface area (Å²) in [6.45, 7) is 11.0. The molecule has 0 atom stereocenters. The average molecular weight is 215 g/mol. The van der Waals surface area contributed by atoms with Crippen LogP contribution in [0.25, 0.3) is 0 Å². The molecule has 5 nitrogen and oxygen atoms in total. The van der Waals surface area contributed by atoms with Crippen molar-refractivity contribution in [3.05, 3.63) is 0 Å². The van der Waals surface area contributed by atoms with Crippen LogP contribution < -0.4 is 16.8 Å². The normalized spacial score (nSPS) is 28.4. The highest BCUT2D eigenvalue weighted by Gasteiger charge is 2.21. The van der Waals surface area contributed by atoms with E-state index in [0.717, 1.165) is 13.1 Å². The predicted octanol–water partition coefficient (Wildman–Crippen LogP) is -1.89. The molecule has 3 aliphatic heterocycles. The number of hydrogen-bond donors (Lipinski definition) is 3. The molecule has 0 saturated carbocycles. The van der Waals surface area contributed by atoms with E-state index in [1.54, 1.807) is 0 Å². The third-order valence-corrected chi connectivity index (χ3v) is 2.84. The zero-order chi connectivity index (χ0) is 10.9.